The number of aromatic nitrogens is 1. The second-order valence-corrected chi connectivity index (χ2v) is 4.78. The average Bonchev–Trinajstić information content (AvgIpc) is 2.42. The fraction of sp³-hybridized carbons (Fsp3) is 0.214. The lowest BCUT2D eigenvalue weighted by atomic mass is 10.0. The molecule has 0 spiro atoms. The van der Waals surface area contributed by atoms with Gasteiger partial charge in [-0.2, -0.15) is 0 Å². The van der Waals surface area contributed by atoms with E-state index in [-0.39, 0.29) is 6.04 Å². The number of rotatable bonds is 4. The molecule has 0 radical (unpaired) electrons. The molecular weight excluding hydrogens is 292 g/mol. The summed E-state index contributed by atoms with van der Waals surface area (Å²) in [6.45, 7) is 0. The van der Waals surface area contributed by atoms with E-state index in [0.717, 1.165) is 21.5 Å². The zero-order valence-electron chi connectivity index (χ0n) is 10.4. The van der Waals surface area contributed by atoms with Crippen LogP contribution in [-0.2, 0) is 0 Å². The third-order valence-electron chi connectivity index (χ3n) is 2.78. The summed E-state index contributed by atoms with van der Waals surface area (Å²) < 4.78 is 6.37. The van der Waals surface area contributed by atoms with Gasteiger partial charge in [0.2, 0.25) is 0 Å². The highest BCUT2D eigenvalue weighted by atomic mass is 79.9. The molecule has 0 fully saturated rings. The maximum absolute atomic E-state index is 5.40. The van der Waals surface area contributed by atoms with Crippen molar-refractivity contribution in [3.8, 4) is 5.75 Å². The van der Waals surface area contributed by atoms with E-state index in [0.29, 0.717) is 0 Å². The molecule has 0 aliphatic heterocycles. The van der Waals surface area contributed by atoms with Crippen LogP contribution in [0.25, 0.3) is 0 Å². The summed E-state index contributed by atoms with van der Waals surface area (Å²) in [5.41, 5.74) is 2.04. The second-order valence-electron chi connectivity index (χ2n) is 3.86. The minimum Gasteiger partial charge on any atom is -0.496 e. The van der Waals surface area contributed by atoms with E-state index in [9.17, 15) is 0 Å². The highest BCUT2D eigenvalue weighted by Gasteiger charge is 2.16. The lowest BCUT2D eigenvalue weighted by Crippen LogP contribution is -2.19. The number of pyridine rings is 1. The smallest absolute Gasteiger partial charge is 0.124 e. The highest BCUT2D eigenvalue weighted by Crippen LogP contribution is 2.28. The van der Waals surface area contributed by atoms with Crippen LogP contribution in [0.2, 0.25) is 0 Å². The Morgan fingerprint density at radius 1 is 1.22 bits per heavy atom. The van der Waals surface area contributed by atoms with Crippen LogP contribution in [0.5, 0.6) is 5.75 Å². The first-order valence-electron chi connectivity index (χ1n) is 5.68. The zero-order chi connectivity index (χ0) is 13.0. The van der Waals surface area contributed by atoms with Crippen molar-refractivity contribution in [3.63, 3.8) is 0 Å². The number of hydrogen-bond acceptors (Lipinski definition) is 3. The molecule has 1 aromatic carbocycles. The number of ether oxygens (including phenoxy) is 1. The van der Waals surface area contributed by atoms with Gasteiger partial charge in [-0.3, -0.25) is 4.98 Å². The molecule has 0 bridgehead atoms. The topological polar surface area (TPSA) is 34.2 Å². The van der Waals surface area contributed by atoms with Gasteiger partial charge >= 0.3 is 0 Å². The first kappa shape index (κ1) is 13.1. The molecule has 1 heterocycles. The van der Waals surface area contributed by atoms with Crippen LogP contribution in [0.15, 0.2) is 47.1 Å². The van der Waals surface area contributed by atoms with Gasteiger partial charge in [0.25, 0.3) is 0 Å². The number of halogens is 1. The molecule has 1 unspecified atom stereocenters. The molecule has 18 heavy (non-hydrogen) atoms. The molecule has 4 heteroatoms. The number of benzene rings is 1. The Kier molecular flexibility index (Phi) is 4.33. The van der Waals surface area contributed by atoms with Crippen LogP contribution in [0, 0.1) is 0 Å². The fourth-order valence-corrected chi connectivity index (χ4v) is 2.16. The van der Waals surface area contributed by atoms with Crippen LogP contribution in [0.4, 0.5) is 0 Å². The normalized spacial score (nSPS) is 12.2. The van der Waals surface area contributed by atoms with Gasteiger partial charge in [0.15, 0.2) is 0 Å². The van der Waals surface area contributed by atoms with Crippen LogP contribution >= 0.6 is 15.9 Å². The Bertz CT molecular complexity index is 513. The number of nitrogens with zero attached hydrogens (tertiary/aromatic N) is 1. The fourth-order valence-electron chi connectivity index (χ4n) is 1.93. The third kappa shape index (κ3) is 2.71. The molecule has 0 saturated carbocycles. The minimum atomic E-state index is 0.0225. The number of methoxy groups -OCH3 is 1. The van der Waals surface area contributed by atoms with E-state index in [1.54, 1.807) is 13.3 Å². The van der Waals surface area contributed by atoms with Crippen LogP contribution in [0.3, 0.4) is 0 Å². The monoisotopic (exact) mass is 306 g/mol. The van der Waals surface area contributed by atoms with Gasteiger partial charge in [0.1, 0.15) is 5.75 Å². The molecule has 1 N–H and O–H groups in total. The van der Waals surface area contributed by atoms with Crippen molar-refractivity contribution in [1.29, 1.82) is 0 Å². The van der Waals surface area contributed by atoms with Crippen LogP contribution < -0.4 is 10.1 Å². The van der Waals surface area contributed by atoms with Crippen LogP contribution in [0.1, 0.15) is 17.3 Å². The maximum atomic E-state index is 5.40. The molecule has 2 aromatic rings. The van der Waals surface area contributed by atoms with Gasteiger partial charge < -0.3 is 10.1 Å². The van der Waals surface area contributed by atoms with E-state index in [2.05, 4.69) is 26.2 Å². The summed E-state index contributed by atoms with van der Waals surface area (Å²) >= 11 is 3.39. The molecule has 1 atom stereocenters. The quantitative estimate of drug-likeness (QED) is 0.942. The molecule has 0 saturated heterocycles. The van der Waals surface area contributed by atoms with Crippen molar-refractivity contribution in [3.05, 3.63) is 58.3 Å². The van der Waals surface area contributed by atoms with Gasteiger partial charge in [-0.15, -0.1) is 0 Å². The molecule has 0 aliphatic rings. The van der Waals surface area contributed by atoms with Gasteiger partial charge in [0.05, 0.1) is 18.8 Å². The molecule has 0 aliphatic carbocycles. The summed E-state index contributed by atoms with van der Waals surface area (Å²) in [5, 5.41) is 3.27. The molecule has 2 rings (SSSR count). The average molecular weight is 307 g/mol. The van der Waals surface area contributed by atoms with Crippen molar-refractivity contribution in [2.24, 2.45) is 0 Å². The van der Waals surface area contributed by atoms with Crippen molar-refractivity contribution in [1.82, 2.24) is 10.3 Å². The molecule has 1 aromatic heterocycles. The predicted molar refractivity (Wildman–Crippen MR) is 75.8 cm³/mol. The highest BCUT2D eigenvalue weighted by molar-refractivity contribution is 9.10. The van der Waals surface area contributed by atoms with E-state index in [1.165, 1.54) is 0 Å². The SMILES string of the molecule is CNC(c1ccc(Br)cn1)c1ccccc1OC. The summed E-state index contributed by atoms with van der Waals surface area (Å²) in [4.78, 5) is 4.44. The second kappa shape index (κ2) is 5.98. The predicted octanol–water partition coefficient (Wildman–Crippen LogP) is 3.16. The van der Waals surface area contributed by atoms with E-state index >= 15 is 0 Å². The molecule has 3 nitrogen and oxygen atoms in total. The van der Waals surface area contributed by atoms with E-state index < -0.39 is 0 Å². The van der Waals surface area contributed by atoms with Crippen molar-refractivity contribution >= 4 is 15.9 Å². The first-order valence-corrected chi connectivity index (χ1v) is 6.47. The Hall–Kier alpha value is -1.39. The third-order valence-corrected chi connectivity index (χ3v) is 3.25. The Morgan fingerprint density at radius 3 is 2.61 bits per heavy atom. The summed E-state index contributed by atoms with van der Waals surface area (Å²) in [6.07, 6.45) is 1.80. The Labute approximate surface area is 115 Å². The summed E-state index contributed by atoms with van der Waals surface area (Å²) in [6, 6.07) is 12.0. The van der Waals surface area contributed by atoms with Gasteiger partial charge in [0, 0.05) is 16.2 Å². The van der Waals surface area contributed by atoms with Gasteiger partial charge in [-0.1, -0.05) is 18.2 Å². The van der Waals surface area contributed by atoms with Crippen molar-refractivity contribution in [2.75, 3.05) is 14.2 Å². The van der Waals surface area contributed by atoms with Crippen LogP contribution in [-0.4, -0.2) is 19.1 Å². The largest absolute Gasteiger partial charge is 0.496 e. The van der Waals surface area contributed by atoms with Crippen molar-refractivity contribution in [2.45, 2.75) is 6.04 Å². The van der Waals surface area contributed by atoms with Gasteiger partial charge in [-0.25, -0.2) is 0 Å². The number of nitrogens with one attached hydrogen (secondary N) is 1. The van der Waals surface area contributed by atoms with Crippen molar-refractivity contribution < 1.29 is 4.74 Å². The number of para-hydroxylation sites is 1. The molecular formula is C14H15BrN2O. The summed E-state index contributed by atoms with van der Waals surface area (Å²) in [7, 11) is 3.60. The molecule has 0 amide bonds. The van der Waals surface area contributed by atoms with Gasteiger partial charge in [-0.05, 0) is 41.2 Å². The minimum absolute atomic E-state index is 0.0225. The lowest BCUT2D eigenvalue weighted by Gasteiger charge is -2.18. The Balaban J connectivity index is 2.41. The van der Waals surface area contributed by atoms with E-state index in [4.69, 9.17) is 4.74 Å². The Morgan fingerprint density at radius 2 is 2.00 bits per heavy atom. The number of hydrogen-bond donors (Lipinski definition) is 1. The maximum Gasteiger partial charge on any atom is 0.124 e. The zero-order valence-corrected chi connectivity index (χ0v) is 11.9. The first-order chi connectivity index (χ1) is 8.76. The standard InChI is InChI=1S/C14H15BrN2O/c1-16-14(12-8-7-10(15)9-17-12)11-5-3-4-6-13(11)18-2/h3-9,14,16H,1-2H3. The molecule has 94 valence electrons. The summed E-state index contributed by atoms with van der Waals surface area (Å²) in [5.74, 6) is 0.863. The lowest BCUT2D eigenvalue weighted by molar-refractivity contribution is 0.405. The van der Waals surface area contributed by atoms with E-state index in [1.807, 2.05) is 43.4 Å².